The minimum Gasteiger partial charge on any atom is -0.467 e. The van der Waals surface area contributed by atoms with E-state index in [1.165, 1.54) is 6.26 Å². The van der Waals surface area contributed by atoms with Crippen LogP contribution in [0.15, 0.2) is 10.7 Å². The van der Waals surface area contributed by atoms with Crippen molar-refractivity contribution in [3.8, 4) is 0 Å². The van der Waals surface area contributed by atoms with Gasteiger partial charge in [0.15, 0.2) is 0 Å². The number of fused-ring (bicyclic) bond motifs is 1. The van der Waals surface area contributed by atoms with Crippen LogP contribution in [0.5, 0.6) is 0 Å². The third-order valence-electron chi connectivity index (χ3n) is 2.19. The van der Waals surface area contributed by atoms with Gasteiger partial charge in [-0.05, 0) is 20.8 Å². The van der Waals surface area contributed by atoms with E-state index < -0.39 is 5.60 Å². The van der Waals surface area contributed by atoms with Crippen molar-refractivity contribution in [2.75, 3.05) is 0 Å². The number of ether oxygens (including phenoxy) is 1. The average Bonchev–Trinajstić information content (AvgIpc) is 2.57. The van der Waals surface area contributed by atoms with E-state index in [0.29, 0.717) is 18.7 Å². The topological polar surface area (TPSA) is 51.5 Å². The van der Waals surface area contributed by atoms with Crippen LogP contribution in [0.4, 0.5) is 0 Å². The van der Waals surface area contributed by atoms with Gasteiger partial charge in [-0.3, -0.25) is 0 Å². The van der Waals surface area contributed by atoms with Gasteiger partial charge in [0.25, 0.3) is 0 Å². The molecule has 1 aliphatic heterocycles. The van der Waals surface area contributed by atoms with E-state index in [9.17, 15) is 4.79 Å². The first kappa shape index (κ1) is 10.2. The van der Waals surface area contributed by atoms with Crippen LogP contribution >= 0.6 is 0 Å². The first-order valence-corrected chi connectivity index (χ1v) is 5.01. The molecule has 0 aliphatic carbocycles. The van der Waals surface area contributed by atoms with Crippen LogP contribution < -0.4 is 5.32 Å². The molecule has 4 nitrogen and oxygen atoms in total. The summed E-state index contributed by atoms with van der Waals surface area (Å²) in [6.07, 6.45) is 1.49. The van der Waals surface area contributed by atoms with Crippen LogP contribution in [0, 0.1) is 0 Å². The highest BCUT2D eigenvalue weighted by atomic mass is 16.6. The lowest BCUT2D eigenvalue weighted by Crippen LogP contribution is -2.24. The van der Waals surface area contributed by atoms with E-state index in [4.69, 9.17) is 9.15 Å². The maximum absolute atomic E-state index is 11.8. The molecule has 2 heterocycles. The van der Waals surface area contributed by atoms with Crippen molar-refractivity contribution in [2.24, 2.45) is 0 Å². The van der Waals surface area contributed by atoms with E-state index in [1.54, 1.807) is 0 Å². The molecule has 4 heteroatoms. The zero-order valence-electron chi connectivity index (χ0n) is 9.22. The quantitative estimate of drug-likeness (QED) is 0.717. The number of nitrogens with one attached hydrogen (secondary N) is 1. The molecule has 1 aromatic heterocycles. The van der Waals surface area contributed by atoms with Crippen LogP contribution in [0.3, 0.4) is 0 Å². The molecule has 0 aromatic carbocycles. The van der Waals surface area contributed by atoms with Crippen molar-refractivity contribution in [2.45, 2.75) is 39.5 Å². The van der Waals surface area contributed by atoms with Crippen molar-refractivity contribution >= 4 is 5.97 Å². The molecule has 1 aromatic rings. The second-order valence-electron chi connectivity index (χ2n) is 4.66. The van der Waals surface area contributed by atoms with Crippen molar-refractivity contribution in [3.05, 3.63) is 23.2 Å². The van der Waals surface area contributed by atoms with Gasteiger partial charge in [0.05, 0.1) is 6.54 Å². The number of hydrogen-bond donors (Lipinski definition) is 1. The molecule has 0 radical (unpaired) electrons. The molecule has 0 fully saturated rings. The Kier molecular flexibility index (Phi) is 2.31. The lowest BCUT2D eigenvalue weighted by Gasteiger charge is -2.19. The number of esters is 1. The Hall–Kier alpha value is -1.29. The number of hydrogen-bond acceptors (Lipinski definition) is 4. The van der Waals surface area contributed by atoms with Gasteiger partial charge in [-0.2, -0.15) is 0 Å². The summed E-state index contributed by atoms with van der Waals surface area (Å²) in [4.78, 5) is 11.8. The maximum atomic E-state index is 11.8. The number of rotatable bonds is 1. The summed E-state index contributed by atoms with van der Waals surface area (Å²) >= 11 is 0. The van der Waals surface area contributed by atoms with Crippen LogP contribution in [-0.2, 0) is 17.8 Å². The van der Waals surface area contributed by atoms with Gasteiger partial charge in [-0.25, -0.2) is 4.79 Å². The standard InChI is InChI=1S/C11H15NO3/c1-11(2,3)15-10(13)8-6-14-9-5-12-4-7(8)9/h6,12H,4-5H2,1-3H3. The molecule has 2 rings (SSSR count). The second kappa shape index (κ2) is 3.38. The molecular formula is C11H15NO3. The van der Waals surface area contributed by atoms with E-state index in [-0.39, 0.29) is 5.97 Å². The van der Waals surface area contributed by atoms with Gasteiger partial charge in [0, 0.05) is 12.1 Å². The van der Waals surface area contributed by atoms with Crippen molar-refractivity contribution in [1.29, 1.82) is 0 Å². The number of furan rings is 1. The molecule has 0 spiro atoms. The lowest BCUT2D eigenvalue weighted by molar-refractivity contribution is 0.00677. The molecule has 0 atom stereocenters. The Balaban J connectivity index is 2.20. The predicted molar refractivity (Wildman–Crippen MR) is 54.4 cm³/mol. The lowest BCUT2D eigenvalue weighted by atomic mass is 10.1. The third-order valence-corrected chi connectivity index (χ3v) is 2.19. The monoisotopic (exact) mass is 209 g/mol. The molecule has 0 saturated carbocycles. The first-order valence-electron chi connectivity index (χ1n) is 5.01. The van der Waals surface area contributed by atoms with E-state index in [2.05, 4.69) is 5.32 Å². The fourth-order valence-corrected chi connectivity index (χ4v) is 1.57. The Morgan fingerprint density at radius 3 is 2.87 bits per heavy atom. The Labute approximate surface area is 88.6 Å². The predicted octanol–water partition coefficient (Wildman–Crippen LogP) is 1.84. The fourth-order valence-electron chi connectivity index (χ4n) is 1.57. The van der Waals surface area contributed by atoms with Crippen LogP contribution in [0.25, 0.3) is 0 Å². The minimum atomic E-state index is -0.465. The minimum absolute atomic E-state index is 0.309. The summed E-state index contributed by atoms with van der Waals surface area (Å²) in [5, 5.41) is 3.12. The van der Waals surface area contributed by atoms with Crippen molar-refractivity contribution in [3.63, 3.8) is 0 Å². The third kappa shape index (κ3) is 2.04. The molecule has 0 saturated heterocycles. The molecular weight excluding hydrogens is 194 g/mol. The number of carbonyl (C=O) groups excluding carboxylic acids is 1. The summed E-state index contributed by atoms with van der Waals surface area (Å²) in [7, 11) is 0. The molecule has 0 unspecified atom stereocenters. The molecule has 82 valence electrons. The first-order chi connectivity index (χ1) is 6.97. The molecule has 1 N–H and O–H groups in total. The zero-order valence-corrected chi connectivity index (χ0v) is 9.22. The van der Waals surface area contributed by atoms with E-state index in [1.807, 2.05) is 20.8 Å². The summed E-state index contributed by atoms with van der Waals surface area (Å²) < 4.78 is 10.6. The van der Waals surface area contributed by atoms with E-state index in [0.717, 1.165) is 11.3 Å². The maximum Gasteiger partial charge on any atom is 0.342 e. The molecule has 1 aliphatic rings. The number of carbonyl (C=O) groups is 1. The second-order valence-corrected chi connectivity index (χ2v) is 4.66. The normalized spacial score (nSPS) is 15.1. The Morgan fingerprint density at radius 2 is 2.20 bits per heavy atom. The Morgan fingerprint density at radius 1 is 1.47 bits per heavy atom. The van der Waals surface area contributed by atoms with Gasteiger partial charge >= 0.3 is 5.97 Å². The van der Waals surface area contributed by atoms with Gasteiger partial charge in [-0.1, -0.05) is 0 Å². The summed E-state index contributed by atoms with van der Waals surface area (Å²) in [5.74, 6) is 0.534. The molecule has 15 heavy (non-hydrogen) atoms. The average molecular weight is 209 g/mol. The smallest absolute Gasteiger partial charge is 0.342 e. The highest BCUT2D eigenvalue weighted by Gasteiger charge is 2.26. The van der Waals surface area contributed by atoms with Gasteiger partial charge in [0.2, 0.25) is 0 Å². The van der Waals surface area contributed by atoms with Gasteiger partial charge in [-0.15, -0.1) is 0 Å². The SMILES string of the molecule is CC(C)(C)OC(=O)c1coc2c1CNC2. The van der Waals surface area contributed by atoms with Crippen LogP contribution in [0.2, 0.25) is 0 Å². The van der Waals surface area contributed by atoms with Gasteiger partial charge in [0.1, 0.15) is 23.2 Å². The van der Waals surface area contributed by atoms with Crippen molar-refractivity contribution in [1.82, 2.24) is 5.32 Å². The highest BCUT2D eigenvalue weighted by molar-refractivity contribution is 5.91. The fraction of sp³-hybridized carbons (Fsp3) is 0.545. The Bertz CT molecular complexity index is 387. The zero-order chi connectivity index (χ0) is 11.1. The summed E-state index contributed by atoms with van der Waals surface area (Å²) in [6, 6.07) is 0. The van der Waals surface area contributed by atoms with Gasteiger partial charge < -0.3 is 14.5 Å². The van der Waals surface area contributed by atoms with Crippen molar-refractivity contribution < 1.29 is 13.9 Å². The summed E-state index contributed by atoms with van der Waals surface area (Å²) in [6.45, 7) is 6.93. The highest BCUT2D eigenvalue weighted by Crippen LogP contribution is 2.24. The molecule has 0 bridgehead atoms. The molecule has 0 amide bonds. The van der Waals surface area contributed by atoms with Crippen LogP contribution in [0.1, 0.15) is 42.5 Å². The summed E-state index contributed by atoms with van der Waals surface area (Å²) in [5.41, 5.74) is 1.02. The largest absolute Gasteiger partial charge is 0.467 e. The van der Waals surface area contributed by atoms with E-state index >= 15 is 0 Å². The van der Waals surface area contributed by atoms with Crippen LogP contribution in [-0.4, -0.2) is 11.6 Å².